The van der Waals surface area contributed by atoms with E-state index in [2.05, 4.69) is 22.5 Å². The molecule has 1 rings (SSSR count). The van der Waals surface area contributed by atoms with Gasteiger partial charge in [0, 0.05) is 38.7 Å². The van der Waals surface area contributed by atoms with Crippen LogP contribution >= 0.6 is 0 Å². The van der Waals surface area contributed by atoms with Gasteiger partial charge in [-0.2, -0.15) is 0 Å². The zero-order chi connectivity index (χ0) is 18.0. The molecule has 136 valence electrons. The third-order valence-electron chi connectivity index (χ3n) is 3.49. The predicted octanol–water partition coefficient (Wildman–Crippen LogP) is 2.45. The summed E-state index contributed by atoms with van der Waals surface area (Å²) in [5.74, 6) is 0. The highest BCUT2D eigenvalue weighted by molar-refractivity contribution is 5.68. The van der Waals surface area contributed by atoms with Crippen molar-refractivity contribution in [2.45, 2.75) is 52.2 Å². The second-order valence-corrected chi connectivity index (χ2v) is 6.88. The maximum Gasteiger partial charge on any atom is 0.407 e. The van der Waals surface area contributed by atoms with E-state index in [1.54, 1.807) is 7.11 Å². The molecule has 0 saturated carbocycles. The number of pyridine rings is 1. The number of methoxy groups -OCH3 is 1. The quantitative estimate of drug-likeness (QED) is 0.677. The second-order valence-electron chi connectivity index (χ2n) is 6.88. The van der Waals surface area contributed by atoms with E-state index < -0.39 is 11.7 Å². The van der Waals surface area contributed by atoms with Gasteiger partial charge in [0.1, 0.15) is 5.60 Å². The molecule has 1 aromatic heterocycles. The number of aryl methyl sites for hydroxylation is 1. The van der Waals surface area contributed by atoms with Gasteiger partial charge in [0.05, 0.1) is 0 Å². The van der Waals surface area contributed by atoms with Gasteiger partial charge in [-0.1, -0.05) is 0 Å². The summed E-state index contributed by atoms with van der Waals surface area (Å²) in [5, 5.41) is 6.30. The first-order chi connectivity index (χ1) is 11.3. The van der Waals surface area contributed by atoms with Gasteiger partial charge in [-0.15, -0.1) is 0 Å². The van der Waals surface area contributed by atoms with Crippen LogP contribution in [0.3, 0.4) is 0 Å². The van der Waals surface area contributed by atoms with Crippen molar-refractivity contribution in [1.29, 1.82) is 0 Å². The minimum atomic E-state index is -0.498. The first kappa shape index (κ1) is 20.4. The minimum Gasteiger partial charge on any atom is -0.444 e. The van der Waals surface area contributed by atoms with Crippen molar-refractivity contribution in [3.63, 3.8) is 0 Å². The molecule has 1 aromatic rings. The third kappa shape index (κ3) is 8.84. The highest BCUT2D eigenvalue weighted by Crippen LogP contribution is 2.07. The zero-order valence-electron chi connectivity index (χ0n) is 15.5. The third-order valence-corrected chi connectivity index (χ3v) is 3.49. The molecule has 0 spiro atoms. The average molecular weight is 337 g/mol. The number of hydrogen-bond donors (Lipinski definition) is 2. The van der Waals surface area contributed by atoms with Gasteiger partial charge in [0.25, 0.3) is 0 Å². The molecule has 0 unspecified atom stereocenters. The molecule has 0 bridgehead atoms. The molecule has 1 heterocycles. The number of hydrogen-bond acceptors (Lipinski definition) is 5. The summed E-state index contributed by atoms with van der Waals surface area (Å²) in [4.78, 5) is 16.0. The molecule has 6 heteroatoms. The smallest absolute Gasteiger partial charge is 0.407 e. The van der Waals surface area contributed by atoms with Gasteiger partial charge in [-0.25, -0.2) is 4.79 Å². The van der Waals surface area contributed by atoms with Crippen LogP contribution in [0.25, 0.3) is 0 Å². The molecule has 0 aliphatic heterocycles. The van der Waals surface area contributed by atoms with Gasteiger partial charge in [-0.3, -0.25) is 4.98 Å². The van der Waals surface area contributed by atoms with Crippen LogP contribution in [0.5, 0.6) is 0 Å². The standard InChI is InChI=1S/C18H31N3O3/c1-14-12-19-9-6-15(14)7-10-20-13-16(8-11-23-5)21-17(22)24-18(2,3)4/h6,9,12,16,20H,7-8,10-11,13H2,1-5H3,(H,21,22)/t16-/m0/s1. The Morgan fingerprint density at radius 1 is 1.38 bits per heavy atom. The Kier molecular flexibility index (Phi) is 8.71. The lowest BCUT2D eigenvalue weighted by atomic mass is 10.1. The van der Waals surface area contributed by atoms with Crippen molar-refractivity contribution < 1.29 is 14.3 Å². The van der Waals surface area contributed by atoms with E-state index in [1.807, 2.05) is 39.2 Å². The van der Waals surface area contributed by atoms with Crippen molar-refractivity contribution >= 4 is 6.09 Å². The Labute approximate surface area is 145 Å². The Morgan fingerprint density at radius 2 is 2.12 bits per heavy atom. The molecule has 2 N–H and O–H groups in total. The first-order valence-corrected chi connectivity index (χ1v) is 8.40. The summed E-state index contributed by atoms with van der Waals surface area (Å²) in [5.41, 5.74) is 1.98. The van der Waals surface area contributed by atoms with E-state index in [4.69, 9.17) is 9.47 Å². The van der Waals surface area contributed by atoms with Crippen LogP contribution in [-0.2, 0) is 15.9 Å². The van der Waals surface area contributed by atoms with Gasteiger partial charge < -0.3 is 20.1 Å². The molecular formula is C18H31N3O3. The fourth-order valence-electron chi connectivity index (χ4n) is 2.24. The zero-order valence-corrected chi connectivity index (χ0v) is 15.5. The van der Waals surface area contributed by atoms with Crippen molar-refractivity contribution in [3.8, 4) is 0 Å². The predicted molar refractivity (Wildman–Crippen MR) is 95.2 cm³/mol. The number of nitrogens with one attached hydrogen (secondary N) is 2. The van der Waals surface area contributed by atoms with E-state index in [0.717, 1.165) is 19.4 Å². The Hall–Kier alpha value is -1.66. The van der Waals surface area contributed by atoms with Crippen molar-refractivity contribution in [2.75, 3.05) is 26.8 Å². The van der Waals surface area contributed by atoms with Crippen molar-refractivity contribution in [1.82, 2.24) is 15.6 Å². The van der Waals surface area contributed by atoms with E-state index in [9.17, 15) is 4.79 Å². The minimum absolute atomic E-state index is 0.0293. The van der Waals surface area contributed by atoms with Gasteiger partial charge >= 0.3 is 6.09 Å². The Morgan fingerprint density at radius 3 is 2.75 bits per heavy atom. The lowest BCUT2D eigenvalue weighted by Gasteiger charge is -2.24. The van der Waals surface area contributed by atoms with Crippen LogP contribution in [0, 0.1) is 6.92 Å². The molecule has 24 heavy (non-hydrogen) atoms. The van der Waals surface area contributed by atoms with E-state index in [1.165, 1.54) is 11.1 Å². The summed E-state index contributed by atoms with van der Waals surface area (Å²) in [6.45, 7) is 9.72. The van der Waals surface area contributed by atoms with Crippen LogP contribution in [-0.4, -0.2) is 49.5 Å². The van der Waals surface area contributed by atoms with Crippen LogP contribution in [0.1, 0.15) is 38.3 Å². The number of aromatic nitrogens is 1. The normalized spacial score (nSPS) is 12.7. The van der Waals surface area contributed by atoms with Crippen molar-refractivity contribution in [2.24, 2.45) is 0 Å². The lowest BCUT2D eigenvalue weighted by Crippen LogP contribution is -2.45. The molecule has 1 amide bonds. The summed E-state index contributed by atoms with van der Waals surface area (Å²) in [7, 11) is 1.66. The molecule has 6 nitrogen and oxygen atoms in total. The highest BCUT2D eigenvalue weighted by Gasteiger charge is 2.19. The second kappa shape index (κ2) is 10.3. The number of ether oxygens (including phenoxy) is 2. The highest BCUT2D eigenvalue weighted by atomic mass is 16.6. The largest absolute Gasteiger partial charge is 0.444 e. The molecule has 0 saturated heterocycles. The number of amides is 1. The first-order valence-electron chi connectivity index (χ1n) is 8.40. The number of carbonyl (C=O) groups is 1. The molecule has 1 atom stereocenters. The maximum atomic E-state index is 11.9. The SMILES string of the molecule is COCC[C@@H](CNCCc1ccncc1C)NC(=O)OC(C)(C)C. The number of alkyl carbamates (subject to hydrolysis) is 1. The summed E-state index contributed by atoms with van der Waals surface area (Å²) < 4.78 is 10.4. The number of nitrogens with zero attached hydrogens (tertiary/aromatic N) is 1. The summed E-state index contributed by atoms with van der Waals surface area (Å²) >= 11 is 0. The van der Waals surface area contributed by atoms with Gasteiger partial charge in [0.2, 0.25) is 0 Å². The van der Waals surface area contributed by atoms with E-state index in [0.29, 0.717) is 13.2 Å². The van der Waals surface area contributed by atoms with Gasteiger partial charge in [-0.05, 0) is 64.3 Å². The molecule has 0 aliphatic rings. The molecule has 0 radical (unpaired) electrons. The Balaban J connectivity index is 2.39. The average Bonchev–Trinajstić information content (AvgIpc) is 2.48. The van der Waals surface area contributed by atoms with E-state index in [-0.39, 0.29) is 6.04 Å². The summed E-state index contributed by atoms with van der Waals surface area (Å²) in [6, 6.07) is 2.01. The monoisotopic (exact) mass is 337 g/mol. The van der Waals surface area contributed by atoms with Gasteiger partial charge in [0.15, 0.2) is 0 Å². The topological polar surface area (TPSA) is 72.5 Å². The number of carbonyl (C=O) groups excluding carboxylic acids is 1. The molecule has 0 fully saturated rings. The van der Waals surface area contributed by atoms with E-state index >= 15 is 0 Å². The molecule has 0 aromatic carbocycles. The molecule has 0 aliphatic carbocycles. The van der Waals surface area contributed by atoms with Crippen molar-refractivity contribution in [3.05, 3.63) is 29.6 Å². The fraction of sp³-hybridized carbons (Fsp3) is 0.667. The van der Waals surface area contributed by atoms with Crippen LogP contribution in [0.4, 0.5) is 4.79 Å². The lowest BCUT2D eigenvalue weighted by molar-refractivity contribution is 0.0493. The number of rotatable bonds is 9. The van der Waals surface area contributed by atoms with Crippen LogP contribution in [0.2, 0.25) is 0 Å². The van der Waals surface area contributed by atoms with Crippen LogP contribution < -0.4 is 10.6 Å². The Bertz CT molecular complexity index is 501. The fourth-order valence-corrected chi connectivity index (χ4v) is 2.24. The molecular weight excluding hydrogens is 306 g/mol. The summed E-state index contributed by atoms with van der Waals surface area (Å²) in [6.07, 6.45) is 4.96. The maximum absolute atomic E-state index is 11.9. The van der Waals surface area contributed by atoms with Crippen LogP contribution in [0.15, 0.2) is 18.5 Å².